The zero-order valence-electron chi connectivity index (χ0n) is 11.2. The van der Waals surface area contributed by atoms with Crippen molar-refractivity contribution in [2.75, 3.05) is 0 Å². The highest BCUT2D eigenvalue weighted by Gasteiger charge is 2.17. The molecule has 1 aromatic carbocycles. The van der Waals surface area contributed by atoms with Crippen molar-refractivity contribution in [1.82, 2.24) is 0 Å². The Balaban J connectivity index is 2.71. The van der Waals surface area contributed by atoms with Crippen molar-refractivity contribution in [3.05, 3.63) is 29.8 Å². The van der Waals surface area contributed by atoms with Gasteiger partial charge in [-0.1, -0.05) is 43.6 Å². The van der Waals surface area contributed by atoms with E-state index in [1.165, 1.54) is 6.92 Å². The number of esters is 2. The first-order valence-electron chi connectivity index (χ1n) is 6.00. The first kappa shape index (κ1) is 15.5. The first-order valence-corrected chi connectivity index (χ1v) is 6.43. The third kappa shape index (κ3) is 5.30. The molecule has 0 aliphatic rings. The Morgan fingerprint density at radius 1 is 1.26 bits per heavy atom. The monoisotopic (exact) mass is 284 g/mol. The maximum Gasteiger partial charge on any atom is 0.311 e. The predicted octanol–water partition coefficient (Wildman–Crippen LogP) is 2.92. The predicted molar refractivity (Wildman–Crippen MR) is 72.0 cm³/mol. The SMILES string of the molecule is CC(=O)Oc1ccccc1CC(=O)OC(Cl)C(C)C. The van der Waals surface area contributed by atoms with Gasteiger partial charge in [-0.3, -0.25) is 9.59 Å². The lowest BCUT2D eigenvalue weighted by atomic mass is 10.1. The molecule has 5 heteroatoms. The summed E-state index contributed by atoms with van der Waals surface area (Å²) < 4.78 is 10.1. The Kier molecular flexibility index (Phi) is 5.83. The summed E-state index contributed by atoms with van der Waals surface area (Å²) in [5, 5.41) is 0. The van der Waals surface area contributed by atoms with Crippen molar-refractivity contribution in [2.45, 2.75) is 32.8 Å². The van der Waals surface area contributed by atoms with E-state index in [1.54, 1.807) is 24.3 Å². The summed E-state index contributed by atoms with van der Waals surface area (Å²) >= 11 is 5.87. The van der Waals surface area contributed by atoms with Crippen LogP contribution in [0, 0.1) is 5.92 Å². The molecule has 104 valence electrons. The van der Waals surface area contributed by atoms with Crippen LogP contribution in [0.2, 0.25) is 0 Å². The van der Waals surface area contributed by atoms with Gasteiger partial charge in [0.2, 0.25) is 0 Å². The van der Waals surface area contributed by atoms with E-state index in [-0.39, 0.29) is 12.3 Å². The lowest BCUT2D eigenvalue weighted by Crippen LogP contribution is -2.19. The van der Waals surface area contributed by atoms with Crippen LogP contribution in [0.5, 0.6) is 5.75 Å². The van der Waals surface area contributed by atoms with E-state index in [0.29, 0.717) is 11.3 Å². The second-order valence-corrected chi connectivity index (χ2v) is 4.89. The lowest BCUT2D eigenvalue weighted by molar-refractivity contribution is -0.146. The Morgan fingerprint density at radius 2 is 1.89 bits per heavy atom. The topological polar surface area (TPSA) is 52.6 Å². The summed E-state index contributed by atoms with van der Waals surface area (Å²) in [6, 6.07) is 6.82. The van der Waals surface area contributed by atoms with E-state index < -0.39 is 17.5 Å². The average Bonchev–Trinajstić information content (AvgIpc) is 2.30. The summed E-state index contributed by atoms with van der Waals surface area (Å²) in [4.78, 5) is 22.7. The van der Waals surface area contributed by atoms with E-state index in [1.807, 2.05) is 13.8 Å². The minimum atomic E-state index is -0.659. The molecular weight excluding hydrogens is 268 g/mol. The number of para-hydroxylation sites is 1. The van der Waals surface area contributed by atoms with Gasteiger partial charge in [-0.15, -0.1) is 0 Å². The zero-order valence-corrected chi connectivity index (χ0v) is 11.9. The fraction of sp³-hybridized carbons (Fsp3) is 0.429. The van der Waals surface area contributed by atoms with E-state index >= 15 is 0 Å². The fourth-order valence-electron chi connectivity index (χ4n) is 1.36. The van der Waals surface area contributed by atoms with Gasteiger partial charge < -0.3 is 9.47 Å². The normalized spacial score (nSPS) is 12.1. The molecule has 0 fully saturated rings. The second kappa shape index (κ2) is 7.14. The van der Waals surface area contributed by atoms with Crippen molar-refractivity contribution < 1.29 is 19.1 Å². The van der Waals surface area contributed by atoms with Crippen LogP contribution in [-0.4, -0.2) is 17.5 Å². The van der Waals surface area contributed by atoms with Gasteiger partial charge in [0.15, 0.2) is 5.56 Å². The molecule has 0 saturated heterocycles. The van der Waals surface area contributed by atoms with Gasteiger partial charge in [0.05, 0.1) is 6.42 Å². The van der Waals surface area contributed by atoms with Gasteiger partial charge in [0, 0.05) is 18.4 Å². The number of hydrogen-bond donors (Lipinski definition) is 0. The molecule has 4 nitrogen and oxygen atoms in total. The van der Waals surface area contributed by atoms with Crippen molar-refractivity contribution in [3.8, 4) is 5.75 Å². The van der Waals surface area contributed by atoms with Gasteiger partial charge in [0.25, 0.3) is 0 Å². The van der Waals surface area contributed by atoms with Crippen LogP contribution in [0.25, 0.3) is 0 Å². The summed E-state index contributed by atoms with van der Waals surface area (Å²) in [5.41, 5.74) is -0.0660. The highest BCUT2D eigenvalue weighted by Crippen LogP contribution is 2.20. The number of carbonyl (C=O) groups is 2. The molecule has 0 N–H and O–H groups in total. The van der Waals surface area contributed by atoms with Gasteiger partial charge in [-0.2, -0.15) is 0 Å². The Hall–Kier alpha value is -1.55. The highest BCUT2D eigenvalue weighted by atomic mass is 35.5. The minimum Gasteiger partial charge on any atom is -0.445 e. The number of rotatable bonds is 5. The maximum absolute atomic E-state index is 11.7. The Bertz CT molecular complexity index is 457. The van der Waals surface area contributed by atoms with Crippen LogP contribution in [0.1, 0.15) is 26.3 Å². The van der Waals surface area contributed by atoms with Crippen LogP contribution >= 0.6 is 11.6 Å². The lowest BCUT2D eigenvalue weighted by Gasteiger charge is -2.15. The Labute approximate surface area is 117 Å². The van der Waals surface area contributed by atoms with E-state index in [0.717, 1.165) is 0 Å². The molecule has 0 spiro atoms. The van der Waals surface area contributed by atoms with Gasteiger partial charge in [-0.05, 0) is 6.07 Å². The molecule has 0 bridgehead atoms. The molecule has 1 unspecified atom stereocenters. The standard InChI is InChI=1S/C14H17ClO4/c1-9(2)14(15)19-13(17)8-11-6-4-5-7-12(11)18-10(3)16/h4-7,9,14H,8H2,1-3H3. The molecular formula is C14H17ClO4. The fourth-order valence-corrected chi connectivity index (χ4v) is 1.46. The zero-order chi connectivity index (χ0) is 14.4. The molecule has 19 heavy (non-hydrogen) atoms. The van der Waals surface area contributed by atoms with Gasteiger partial charge >= 0.3 is 11.9 Å². The molecule has 1 rings (SSSR count). The number of hydrogen-bond acceptors (Lipinski definition) is 4. The van der Waals surface area contributed by atoms with Crippen LogP contribution in [-0.2, 0) is 20.7 Å². The highest BCUT2D eigenvalue weighted by molar-refractivity contribution is 6.20. The first-order chi connectivity index (χ1) is 8.90. The van der Waals surface area contributed by atoms with E-state index in [2.05, 4.69) is 0 Å². The molecule has 1 atom stereocenters. The Morgan fingerprint density at radius 3 is 2.47 bits per heavy atom. The summed E-state index contributed by atoms with van der Waals surface area (Å²) in [6.45, 7) is 5.03. The summed E-state index contributed by atoms with van der Waals surface area (Å²) in [7, 11) is 0. The van der Waals surface area contributed by atoms with E-state index in [4.69, 9.17) is 21.1 Å². The van der Waals surface area contributed by atoms with Crippen LogP contribution in [0.3, 0.4) is 0 Å². The van der Waals surface area contributed by atoms with Crippen molar-refractivity contribution in [2.24, 2.45) is 5.92 Å². The molecule has 0 heterocycles. The minimum absolute atomic E-state index is 0.0133. The van der Waals surface area contributed by atoms with Crippen molar-refractivity contribution in [3.63, 3.8) is 0 Å². The van der Waals surface area contributed by atoms with E-state index in [9.17, 15) is 9.59 Å². The van der Waals surface area contributed by atoms with Crippen LogP contribution in [0.4, 0.5) is 0 Å². The number of alkyl halides is 1. The largest absolute Gasteiger partial charge is 0.445 e. The quantitative estimate of drug-likeness (QED) is 0.474. The average molecular weight is 285 g/mol. The van der Waals surface area contributed by atoms with Crippen molar-refractivity contribution >= 4 is 23.5 Å². The number of benzene rings is 1. The second-order valence-electron chi connectivity index (χ2n) is 4.46. The molecule has 1 aromatic rings. The number of carbonyl (C=O) groups excluding carboxylic acids is 2. The van der Waals surface area contributed by atoms with Crippen molar-refractivity contribution in [1.29, 1.82) is 0 Å². The number of halogens is 1. The van der Waals surface area contributed by atoms with Gasteiger partial charge in [-0.25, -0.2) is 0 Å². The van der Waals surface area contributed by atoms with Crippen LogP contribution in [0.15, 0.2) is 24.3 Å². The third-order valence-corrected chi connectivity index (χ3v) is 2.92. The van der Waals surface area contributed by atoms with Crippen LogP contribution < -0.4 is 4.74 Å². The molecule has 0 aliphatic carbocycles. The molecule has 0 radical (unpaired) electrons. The summed E-state index contributed by atoms with van der Waals surface area (Å²) in [6.07, 6.45) is 0.0133. The molecule has 0 aromatic heterocycles. The molecule has 0 saturated carbocycles. The molecule has 0 aliphatic heterocycles. The maximum atomic E-state index is 11.7. The number of ether oxygens (including phenoxy) is 2. The molecule has 0 amide bonds. The van der Waals surface area contributed by atoms with Gasteiger partial charge in [0.1, 0.15) is 5.75 Å². The third-order valence-electron chi connectivity index (χ3n) is 2.33. The summed E-state index contributed by atoms with van der Waals surface area (Å²) in [5.74, 6) is -0.483. The smallest absolute Gasteiger partial charge is 0.311 e.